The minimum absolute atomic E-state index is 0.0854. The molecule has 0 radical (unpaired) electrons. The molecule has 6 heteroatoms. The van der Waals surface area contributed by atoms with Gasteiger partial charge in [0.2, 0.25) is 0 Å². The zero-order valence-corrected chi connectivity index (χ0v) is 42.0. The van der Waals surface area contributed by atoms with E-state index in [0.29, 0.717) is 19.3 Å². The van der Waals surface area contributed by atoms with Gasteiger partial charge >= 0.3 is 17.9 Å². The van der Waals surface area contributed by atoms with Crippen LogP contribution in [-0.4, -0.2) is 37.2 Å². The maximum absolute atomic E-state index is 12.8. The number of ether oxygens (including phenoxy) is 3. The summed E-state index contributed by atoms with van der Waals surface area (Å²) < 4.78 is 16.8. The van der Waals surface area contributed by atoms with Gasteiger partial charge in [-0.1, -0.05) is 248 Å². The first-order chi connectivity index (χ1) is 31.5. The first kappa shape index (κ1) is 60.9. The summed E-state index contributed by atoms with van der Waals surface area (Å²) in [6, 6.07) is 0. The predicted molar refractivity (Wildman–Crippen MR) is 274 cm³/mol. The van der Waals surface area contributed by atoms with E-state index in [1.165, 1.54) is 122 Å². The molecule has 64 heavy (non-hydrogen) atoms. The van der Waals surface area contributed by atoms with Crippen LogP contribution in [0.3, 0.4) is 0 Å². The van der Waals surface area contributed by atoms with Crippen LogP contribution < -0.4 is 0 Å². The number of carbonyl (C=O) groups excluding carboxylic acids is 3. The summed E-state index contributed by atoms with van der Waals surface area (Å²) in [6.07, 6.45) is 65.9. The van der Waals surface area contributed by atoms with Gasteiger partial charge in [-0.2, -0.15) is 0 Å². The van der Waals surface area contributed by atoms with Crippen molar-refractivity contribution >= 4 is 17.9 Å². The van der Waals surface area contributed by atoms with E-state index in [4.69, 9.17) is 14.2 Å². The van der Waals surface area contributed by atoms with Gasteiger partial charge in [-0.15, -0.1) is 0 Å². The van der Waals surface area contributed by atoms with Gasteiger partial charge in [-0.3, -0.25) is 14.4 Å². The van der Waals surface area contributed by atoms with Crippen LogP contribution in [0.15, 0.2) is 72.9 Å². The molecule has 0 aliphatic rings. The van der Waals surface area contributed by atoms with Crippen LogP contribution in [0.4, 0.5) is 0 Å². The molecular formula is C58H100O6. The fraction of sp³-hybridized carbons (Fsp3) is 0.741. The minimum Gasteiger partial charge on any atom is -0.462 e. The third-order valence-electron chi connectivity index (χ3n) is 11.5. The summed E-state index contributed by atoms with van der Waals surface area (Å²) in [5.41, 5.74) is 0. The van der Waals surface area contributed by atoms with E-state index in [0.717, 1.165) is 96.3 Å². The van der Waals surface area contributed by atoms with Crippen LogP contribution in [0.5, 0.6) is 0 Å². The molecule has 0 heterocycles. The Hall–Kier alpha value is -3.15. The standard InChI is InChI=1S/C58H100O6/c1-4-7-10-13-16-19-22-25-27-29-30-32-33-36-39-42-45-48-51-57(60)63-54-55(53-62-56(59)50-47-44-41-38-35-24-21-18-15-12-9-6-3)64-58(61)52-49-46-43-40-37-34-31-28-26-23-20-17-14-11-8-5-2/h10,13,16,19,22,25,27-32,55H,4-9,11-12,14-15,17-18,20-21,23-24,26,33-54H2,1-3H3/b13-10-,19-16-,25-22-,29-27-,31-28-,32-30-. The van der Waals surface area contributed by atoms with Crippen LogP contribution in [0.2, 0.25) is 0 Å². The zero-order chi connectivity index (χ0) is 46.5. The molecule has 0 rings (SSSR count). The van der Waals surface area contributed by atoms with Gasteiger partial charge in [0.1, 0.15) is 13.2 Å². The summed E-state index contributed by atoms with van der Waals surface area (Å²) in [5.74, 6) is -0.915. The van der Waals surface area contributed by atoms with Gasteiger partial charge in [0, 0.05) is 19.3 Å². The van der Waals surface area contributed by atoms with Crippen molar-refractivity contribution in [3.05, 3.63) is 72.9 Å². The Morgan fingerprint density at radius 1 is 0.312 bits per heavy atom. The quantitative estimate of drug-likeness (QED) is 0.0199. The summed E-state index contributed by atoms with van der Waals surface area (Å²) in [7, 11) is 0. The number of hydrogen-bond acceptors (Lipinski definition) is 6. The number of rotatable bonds is 48. The lowest BCUT2D eigenvalue weighted by Crippen LogP contribution is -2.30. The molecule has 0 saturated carbocycles. The van der Waals surface area contributed by atoms with E-state index >= 15 is 0 Å². The Morgan fingerprint density at radius 2 is 0.609 bits per heavy atom. The summed E-state index contributed by atoms with van der Waals surface area (Å²) >= 11 is 0. The largest absolute Gasteiger partial charge is 0.462 e. The van der Waals surface area contributed by atoms with E-state index in [9.17, 15) is 14.4 Å². The lowest BCUT2D eigenvalue weighted by Gasteiger charge is -2.18. The highest BCUT2D eigenvalue weighted by Crippen LogP contribution is 2.15. The predicted octanol–water partition coefficient (Wildman–Crippen LogP) is 17.8. The van der Waals surface area contributed by atoms with Gasteiger partial charge in [-0.25, -0.2) is 0 Å². The average Bonchev–Trinajstić information content (AvgIpc) is 3.29. The Labute approximate surface area is 395 Å². The topological polar surface area (TPSA) is 78.9 Å². The van der Waals surface area contributed by atoms with Crippen molar-refractivity contribution in [2.24, 2.45) is 0 Å². The van der Waals surface area contributed by atoms with Crippen molar-refractivity contribution in [3.63, 3.8) is 0 Å². The highest BCUT2D eigenvalue weighted by Gasteiger charge is 2.19. The number of allylic oxidation sites excluding steroid dienone is 12. The minimum atomic E-state index is -0.788. The molecule has 0 fully saturated rings. The maximum Gasteiger partial charge on any atom is 0.306 e. The zero-order valence-electron chi connectivity index (χ0n) is 42.0. The SMILES string of the molecule is CCC\C=C/C=C\C=C/C=C\C=C/CCCCCCCC(=O)OCC(COC(=O)CCCCCCCCCCCCCC)OC(=O)CCCCCCC/C=C\CCCCCCCCC. The number of carbonyl (C=O) groups is 3. The Kier molecular flexibility index (Phi) is 49.9. The first-order valence-corrected chi connectivity index (χ1v) is 27.0. The van der Waals surface area contributed by atoms with Gasteiger partial charge in [-0.05, 0) is 64.2 Å². The molecule has 0 bridgehead atoms. The van der Waals surface area contributed by atoms with Gasteiger partial charge < -0.3 is 14.2 Å². The Morgan fingerprint density at radius 3 is 0.984 bits per heavy atom. The second-order valence-corrected chi connectivity index (χ2v) is 17.9. The fourth-order valence-corrected chi connectivity index (χ4v) is 7.47. The molecule has 0 saturated heterocycles. The normalized spacial score (nSPS) is 12.6. The van der Waals surface area contributed by atoms with Crippen molar-refractivity contribution in [2.45, 2.75) is 264 Å². The van der Waals surface area contributed by atoms with Crippen LogP contribution >= 0.6 is 0 Å². The van der Waals surface area contributed by atoms with Crippen molar-refractivity contribution in [2.75, 3.05) is 13.2 Å². The molecule has 0 aliphatic carbocycles. The molecule has 1 unspecified atom stereocenters. The number of hydrogen-bond donors (Lipinski definition) is 0. The van der Waals surface area contributed by atoms with Gasteiger partial charge in [0.25, 0.3) is 0 Å². The smallest absolute Gasteiger partial charge is 0.306 e. The van der Waals surface area contributed by atoms with Crippen LogP contribution in [0.1, 0.15) is 258 Å². The second-order valence-electron chi connectivity index (χ2n) is 17.9. The average molecular weight is 893 g/mol. The Bertz CT molecular complexity index is 1210. The van der Waals surface area contributed by atoms with Gasteiger partial charge in [0.15, 0.2) is 6.10 Å². The van der Waals surface area contributed by atoms with Crippen molar-refractivity contribution in [1.29, 1.82) is 0 Å². The summed E-state index contributed by atoms with van der Waals surface area (Å²) in [6.45, 7) is 6.53. The van der Waals surface area contributed by atoms with Gasteiger partial charge in [0.05, 0.1) is 0 Å². The molecule has 0 amide bonds. The number of esters is 3. The van der Waals surface area contributed by atoms with E-state index < -0.39 is 6.10 Å². The van der Waals surface area contributed by atoms with E-state index in [1.807, 2.05) is 24.3 Å². The van der Waals surface area contributed by atoms with Crippen LogP contribution in [0.25, 0.3) is 0 Å². The fourth-order valence-electron chi connectivity index (χ4n) is 7.47. The number of unbranched alkanes of at least 4 members (excludes halogenated alkanes) is 29. The van der Waals surface area contributed by atoms with Crippen molar-refractivity contribution in [3.8, 4) is 0 Å². The molecule has 6 nitrogen and oxygen atoms in total. The molecule has 0 aromatic carbocycles. The van der Waals surface area contributed by atoms with Crippen LogP contribution in [-0.2, 0) is 28.6 Å². The van der Waals surface area contributed by atoms with E-state index in [1.54, 1.807) is 0 Å². The lowest BCUT2D eigenvalue weighted by molar-refractivity contribution is -0.167. The summed E-state index contributed by atoms with van der Waals surface area (Å²) in [4.78, 5) is 38.0. The third-order valence-corrected chi connectivity index (χ3v) is 11.5. The third kappa shape index (κ3) is 49.9. The molecule has 0 N–H and O–H groups in total. The highest BCUT2D eigenvalue weighted by molar-refractivity contribution is 5.71. The molecular weight excluding hydrogens is 793 g/mol. The molecule has 368 valence electrons. The highest BCUT2D eigenvalue weighted by atomic mass is 16.6. The monoisotopic (exact) mass is 893 g/mol. The van der Waals surface area contributed by atoms with Crippen molar-refractivity contribution in [1.82, 2.24) is 0 Å². The molecule has 0 aromatic rings. The second kappa shape index (κ2) is 52.5. The lowest BCUT2D eigenvalue weighted by atomic mass is 10.0. The van der Waals surface area contributed by atoms with Crippen molar-refractivity contribution < 1.29 is 28.6 Å². The van der Waals surface area contributed by atoms with Crippen LogP contribution in [0, 0.1) is 0 Å². The molecule has 1 atom stereocenters. The van der Waals surface area contributed by atoms with E-state index in [2.05, 4.69) is 69.4 Å². The molecule has 0 spiro atoms. The maximum atomic E-state index is 12.8. The summed E-state index contributed by atoms with van der Waals surface area (Å²) in [5, 5.41) is 0. The molecule has 0 aromatic heterocycles. The van der Waals surface area contributed by atoms with E-state index in [-0.39, 0.29) is 31.1 Å². The Balaban J connectivity index is 4.43. The first-order valence-electron chi connectivity index (χ1n) is 27.0. The molecule has 0 aliphatic heterocycles.